The maximum Gasteiger partial charge on any atom is 0.132 e. The number of H-pyrrole nitrogens is 1. The number of nitrogens with zero attached hydrogens (tertiary/aromatic N) is 1. The van der Waals surface area contributed by atoms with Crippen LogP contribution in [0.15, 0.2) is 28.7 Å². The fraction of sp³-hybridized carbons (Fsp3) is 0.308. The predicted octanol–water partition coefficient (Wildman–Crippen LogP) is 3.26. The van der Waals surface area contributed by atoms with Gasteiger partial charge < -0.3 is 5.73 Å². The van der Waals surface area contributed by atoms with Gasteiger partial charge in [0.2, 0.25) is 0 Å². The molecule has 1 heterocycles. The summed E-state index contributed by atoms with van der Waals surface area (Å²) >= 11 is 3.33. The number of nitrogens with one attached hydrogen (secondary N) is 1. The number of nitrogens with two attached hydrogens (primary N) is 1. The standard InChI is InChI=1S/C13H15BrFN3/c1-2-9(16)6-10-7-13(18-17-10)11-5-8(14)3-4-12(11)15/h3-5,7,9H,2,6,16H2,1H3,(H,17,18). The maximum atomic E-state index is 13.7. The van der Waals surface area contributed by atoms with E-state index in [1.165, 1.54) is 6.07 Å². The van der Waals surface area contributed by atoms with Gasteiger partial charge in [0.15, 0.2) is 0 Å². The van der Waals surface area contributed by atoms with Crippen molar-refractivity contribution < 1.29 is 4.39 Å². The van der Waals surface area contributed by atoms with Crippen LogP contribution in [0.25, 0.3) is 11.3 Å². The number of aromatic amines is 1. The molecular weight excluding hydrogens is 297 g/mol. The van der Waals surface area contributed by atoms with Gasteiger partial charge in [0.25, 0.3) is 0 Å². The summed E-state index contributed by atoms with van der Waals surface area (Å²) in [7, 11) is 0. The van der Waals surface area contributed by atoms with Crippen LogP contribution in [0, 0.1) is 5.82 Å². The van der Waals surface area contributed by atoms with E-state index in [1.807, 2.05) is 13.0 Å². The first-order chi connectivity index (χ1) is 8.60. The van der Waals surface area contributed by atoms with Crippen molar-refractivity contribution >= 4 is 15.9 Å². The van der Waals surface area contributed by atoms with Gasteiger partial charge in [-0.2, -0.15) is 5.10 Å². The Bertz CT molecular complexity index is 539. The lowest BCUT2D eigenvalue weighted by Gasteiger charge is -2.04. The van der Waals surface area contributed by atoms with Crippen molar-refractivity contribution in [1.82, 2.24) is 10.2 Å². The van der Waals surface area contributed by atoms with Crippen molar-refractivity contribution in [1.29, 1.82) is 0 Å². The molecule has 1 aromatic heterocycles. The minimum Gasteiger partial charge on any atom is -0.327 e. The van der Waals surface area contributed by atoms with Crippen LogP contribution in [0.1, 0.15) is 19.0 Å². The van der Waals surface area contributed by atoms with E-state index < -0.39 is 0 Å². The van der Waals surface area contributed by atoms with E-state index in [9.17, 15) is 4.39 Å². The summed E-state index contributed by atoms with van der Waals surface area (Å²) in [4.78, 5) is 0. The molecule has 18 heavy (non-hydrogen) atoms. The van der Waals surface area contributed by atoms with Crippen molar-refractivity contribution in [2.24, 2.45) is 5.73 Å². The van der Waals surface area contributed by atoms with Crippen LogP contribution in [0.3, 0.4) is 0 Å². The molecule has 0 saturated carbocycles. The molecule has 0 saturated heterocycles. The maximum absolute atomic E-state index is 13.7. The Hall–Kier alpha value is -1.20. The van der Waals surface area contributed by atoms with E-state index in [2.05, 4.69) is 26.1 Å². The van der Waals surface area contributed by atoms with Gasteiger partial charge in [0, 0.05) is 28.2 Å². The summed E-state index contributed by atoms with van der Waals surface area (Å²) in [5, 5.41) is 7.04. The van der Waals surface area contributed by atoms with Gasteiger partial charge in [-0.3, -0.25) is 5.10 Å². The third kappa shape index (κ3) is 2.97. The number of halogens is 2. The number of rotatable bonds is 4. The number of benzene rings is 1. The predicted molar refractivity (Wildman–Crippen MR) is 73.7 cm³/mol. The molecule has 0 aliphatic carbocycles. The van der Waals surface area contributed by atoms with Gasteiger partial charge in [-0.25, -0.2) is 4.39 Å². The summed E-state index contributed by atoms with van der Waals surface area (Å²) in [6.07, 6.45) is 1.62. The van der Waals surface area contributed by atoms with E-state index in [0.29, 0.717) is 11.3 Å². The summed E-state index contributed by atoms with van der Waals surface area (Å²) in [5.41, 5.74) is 7.89. The van der Waals surface area contributed by atoms with Crippen LogP contribution in [-0.2, 0) is 6.42 Å². The minimum atomic E-state index is -0.281. The molecule has 0 spiro atoms. The van der Waals surface area contributed by atoms with Crippen LogP contribution >= 0.6 is 15.9 Å². The van der Waals surface area contributed by atoms with Crippen LogP contribution in [0.5, 0.6) is 0 Å². The Morgan fingerprint density at radius 2 is 2.22 bits per heavy atom. The summed E-state index contributed by atoms with van der Waals surface area (Å²) in [6, 6.07) is 6.76. The second kappa shape index (κ2) is 5.63. The highest BCUT2D eigenvalue weighted by atomic mass is 79.9. The zero-order valence-corrected chi connectivity index (χ0v) is 11.7. The molecule has 0 radical (unpaired) electrons. The van der Waals surface area contributed by atoms with Crippen LogP contribution in [-0.4, -0.2) is 16.2 Å². The van der Waals surface area contributed by atoms with Gasteiger partial charge in [-0.05, 0) is 30.7 Å². The van der Waals surface area contributed by atoms with E-state index >= 15 is 0 Å². The highest BCUT2D eigenvalue weighted by Crippen LogP contribution is 2.25. The SMILES string of the molecule is CCC(N)Cc1cc(-c2cc(Br)ccc2F)n[nH]1. The molecule has 0 amide bonds. The van der Waals surface area contributed by atoms with Crippen molar-refractivity contribution in [3.05, 3.63) is 40.2 Å². The van der Waals surface area contributed by atoms with Gasteiger partial charge in [0.05, 0.1) is 5.69 Å². The Morgan fingerprint density at radius 3 is 2.94 bits per heavy atom. The lowest BCUT2D eigenvalue weighted by atomic mass is 10.1. The van der Waals surface area contributed by atoms with Gasteiger partial charge in [-0.15, -0.1) is 0 Å². The third-order valence-electron chi connectivity index (χ3n) is 2.84. The molecule has 0 fully saturated rings. The molecule has 2 rings (SSSR count). The first-order valence-corrected chi connectivity index (χ1v) is 6.64. The Morgan fingerprint density at radius 1 is 1.44 bits per heavy atom. The molecule has 5 heteroatoms. The van der Waals surface area contributed by atoms with E-state index in [-0.39, 0.29) is 11.9 Å². The highest BCUT2D eigenvalue weighted by Gasteiger charge is 2.11. The van der Waals surface area contributed by atoms with E-state index in [0.717, 1.165) is 23.0 Å². The Labute approximate surface area is 114 Å². The highest BCUT2D eigenvalue weighted by molar-refractivity contribution is 9.10. The minimum absolute atomic E-state index is 0.102. The lowest BCUT2D eigenvalue weighted by molar-refractivity contribution is 0.630. The molecule has 0 aliphatic rings. The first-order valence-electron chi connectivity index (χ1n) is 5.85. The zero-order valence-electron chi connectivity index (χ0n) is 10.1. The molecule has 0 aliphatic heterocycles. The van der Waals surface area contributed by atoms with Gasteiger partial charge in [-0.1, -0.05) is 22.9 Å². The second-order valence-corrected chi connectivity index (χ2v) is 5.19. The molecule has 96 valence electrons. The Kier molecular flexibility index (Phi) is 4.14. The number of hydrogen-bond donors (Lipinski definition) is 2. The molecule has 1 unspecified atom stereocenters. The van der Waals surface area contributed by atoms with Gasteiger partial charge in [0.1, 0.15) is 5.82 Å². The van der Waals surface area contributed by atoms with Crippen LogP contribution in [0.2, 0.25) is 0 Å². The molecule has 0 bridgehead atoms. The molecule has 1 aromatic carbocycles. The topological polar surface area (TPSA) is 54.7 Å². The normalized spacial score (nSPS) is 12.7. The monoisotopic (exact) mass is 311 g/mol. The largest absolute Gasteiger partial charge is 0.327 e. The molecular formula is C13H15BrFN3. The second-order valence-electron chi connectivity index (χ2n) is 4.28. The summed E-state index contributed by atoms with van der Waals surface area (Å²) < 4.78 is 14.5. The van der Waals surface area contributed by atoms with Crippen molar-refractivity contribution in [3.63, 3.8) is 0 Å². The van der Waals surface area contributed by atoms with Crippen molar-refractivity contribution in [2.45, 2.75) is 25.8 Å². The summed E-state index contributed by atoms with van der Waals surface area (Å²) in [5.74, 6) is -0.281. The first kappa shape index (κ1) is 13.2. The summed E-state index contributed by atoms with van der Waals surface area (Å²) in [6.45, 7) is 2.04. The van der Waals surface area contributed by atoms with Crippen molar-refractivity contribution in [3.8, 4) is 11.3 Å². The Balaban J connectivity index is 2.26. The molecule has 3 N–H and O–H groups in total. The van der Waals surface area contributed by atoms with E-state index in [4.69, 9.17) is 5.73 Å². The molecule has 1 atom stereocenters. The van der Waals surface area contributed by atoms with Crippen LogP contribution in [0.4, 0.5) is 4.39 Å². The lowest BCUT2D eigenvalue weighted by Crippen LogP contribution is -2.21. The van der Waals surface area contributed by atoms with Crippen LogP contribution < -0.4 is 5.73 Å². The van der Waals surface area contributed by atoms with Crippen molar-refractivity contribution in [2.75, 3.05) is 0 Å². The fourth-order valence-corrected chi connectivity index (χ4v) is 2.09. The van der Waals surface area contributed by atoms with E-state index in [1.54, 1.807) is 12.1 Å². The third-order valence-corrected chi connectivity index (χ3v) is 3.34. The zero-order chi connectivity index (χ0) is 13.1. The molecule has 3 nitrogen and oxygen atoms in total. The average Bonchev–Trinajstić information content (AvgIpc) is 2.80. The number of hydrogen-bond acceptors (Lipinski definition) is 2. The average molecular weight is 312 g/mol. The quantitative estimate of drug-likeness (QED) is 0.910. The molecule has 2 aromatic rings. The number of aromatic nitrogens is 2. The van der Waals surface area contributed by atoms with Gasteiger partial charge >= 0.3 is 0 Å². The smallest absolute Gasteiger partial charge is 0.132 e. The fourth-order valence-electron chi connectivity index (χ4n) is 1.72.